The molecule has 1 aliphatic rings. The van der Waals surface area contributed by atoms with Crippen molar-refractivity contribution in [2.24, 2.45) is 5.92 Å². The maximum Gasteiger partial charge on any atom is 0.243 e. The summed E-state index contributed by atoms with van der Waals surface area (Å²) >= 11 is 0. The smallest absolute Gasteiger partial charge is 0.243 e. The van der Waals surface area contributed by atoms with Gasteiger partial charge in [-0.3, -0.25) is 14.4 Å². The van der Waals surface area contributed by atoms with E-state index in [0.717, 1.165) is 11.0 Å². The Morgan fingerprint density at radius 1 is 1.07 bits per heavy atom. The third-order valence-electron chi connectivity index (χ3n) is 4.62. The van der Waals surface area contributed by atoms with Crippen molar-refractivity contribution in [3.05, 3.63) is 59.2 Å². The number of halogens is 4. The summed E-state index contributed by atoms with van der Waals surface area (Å²) in [6.45, 7) is 1.05. The number of hydrogen-bond donors (Lipinski definition) is 2. The molecule has 0 saturated carbocycles. The first-order valence-corrected chi connectivity index (χ1v) is 8.95. The van der Waals surface area contributed by atoms with E-state index in [1.54, 1.807) is 13.0 Å². The SMILES string of the molecule is Cc1ccc(N2CC(C(=O)NCC(=O)Nc3ccc(F)c(F)c3F)CC2=O)c(F)c1. The standard InChI is InChI=1S/C20H17F4N3O3/c1-10-2-5-15(13(22)6-10)27-9-11(7-17(27)29)20(30)25-8-16(28)26-14-4-3-12(21)18(23)19(14)24/h2-6,11H,7-9H2,1H3,(H,25,30)(H,26,28). The number of rotatable bonds is 5. The third-order valence-corrected chi connectivity index (χ3v) is 4.62. The highest BCUT2D eigenvalue weighted by Gasteiger charge is 2.36. The van der Waals surface area contributed by atoms with Crippen LogP contribution in [0, 0.1) is 36.1 Å². The van der Waals surface area contributed by atoms with Gasteiger partial charge in [0, 0.05) is 13.0 Å². The zero-order chi connectivity index (χ0) is 22.0. The fourth-order valence-corrected chi connectivity index (χ4v) is 3.08. The van der Waals surface area contributed by atoms with Gasteiger partial charge in [0.05, 0.1) is 23.8 Å². The Bertz CT molecular complexity index is 1030. The van der Waals surface area contributed by atoms with E-state index in [2.05, 4.69) is 5.32 Å². The highest BCUT2D eigenvalue weighted by molar-refractivity contribution is 6.01. The van der Waals surface area contributed by atoms with E-state index in [1.165, 1.54) is 12.1 Å². The predicted molar refractivity (Wildman–Crippen MR) is 99.6 cm³/mol. The molecule has 0 aliphatic carbocycles. The lowest BCUT2D eigenvalue weighted by molar-refractivity contribution is -0.127. The van der Waals surface area contributed by atoms with Crippen LogP contribution in [0.5, 0.6) is 0 Å². The summed E-state index contributed by atoms with van der Waals surface area (Å²) in [6, 6.07) is 5.86. The minimum atomic E-state index is -1.73. The summed E-state index contributed by atoms with van der Waals surface area (Å²) < 4.78 is 53.8. The summed E-state index contributed by atoms with van der Waals surface area (Å²) in [5, 5.41) is 4.31. The van der Waals surface area contributed by atoms with Crippen molar-refractivity contribution in [1.82, 2.24) is 5.32 Å². The third kappa shape index (κ3) is 4.42. The Kier molecular flexibility index (Phi) is 6.04. The molecule has 158 valence electrons. The van der Waals surface area contributed by atoms with Crippen LogP contribution in [0.2, 0.25) is 0 Å². The summed E-state index contributed by atoms with van der Waals surface area (Å²) in [5.41, 5.74) is 0.165. The number of nitrogens with zero attached hydrogens (tertiary/aromatic N) is 1. The van der Waals surface area contributed by atoms with E-state index < -0.39 is 59.1 Å². The van der Waals surface area contributed by atoms with Crippen LogP contribution in [0.1, 0.15) is 12.0 Å². The molecule has 0 bridgehead atoms. The van der Waals surface area contributed by atoms with Crippen molar-refractivity contribution < 1.29 is 31.9 Å². The molecule has 2 N–H and O–H groups in total. The first-order valence-electron chi connectivity index (χ1n) is 8.95. The van der Waals surface area contributed by atoms with Gasteiger partial charge in [0.25, 0.3) is 0 Å². The predicted octanol–water partition coefficient (Wildman–Crippen LogP) is 2.66. The Balaban J connectivity index is 1.57. The topological polar surface area (TPSA) is 78.5 Å². The maximum absolute atomic E-state index is 14.1. The molecule has 1 aliphatic heterocycles. The number of carbonyl (C=O) groups excluding carboxylic acids is 3. The van der Waals surface area contributed by atoms with Gasteiger partial charge in [-0.2, -0.15) is 0 Å². The molecule has 1 fully saturated rings. The molecule has 3 amide bonds. The molecule has 1 heterocycles. The second-order valence-electron chi connectivity index (χ2n) is 6.85. The van der Waals surface area contributed by atoms with Crippen molar-refractivity contribution in [1.29, 1.82) is 0 Å². The van der Waals surface area contributed by atoms with Gasteiger partial charge in [-0.25, -0.2) is 17.6 Å². The fourth-order valence-electron chi connectivity index (χ4n) is 3.08. The molecule has 2 aromatic rings. The van der Waals surface area contributed by atoms with Crippen LogP contribution in [-0.4, -0.2) is 30.8 Å². The van der Waals surface area contributed by atoms with Crippen LogP contribution in [0.4, 0.5) is 28.9 Å². The van der Waals surface area contributed by atoms with Crippen LogP contribution in [0.15, 0.2) is 30.3 Å². The normalized spacial score (nSPS) is 16.0. The molecule has 2 aromatic carbocycles. The van der Waals surface area contributed by atoms with Crippen molar-refractivity contribution in [3.8, 4) is 0 Å². The van der Waals surface area contributed by atoms with Gasteiger partial charge in [0.15, 0.2) is 17.5 Å². The zero-order valence-corrected chi connectivity index (χ0v) is 15.8. The molecule has 30 heavy (non-hydrogen) atoms. The lowest BCUT2D eigenvalue weighted by Crippen LogP contribution is -2.38. The molecular weight excluding hydrogens is 406 g/mol. The number of nitrogens with one attached hydrogen (secondary N) is 2. The lowest BCUT2D eigenvalue weighted by atomic mass is 10.1. The van der Waals surface area contributed by atoms with Gasteiger partial charge in [-0.15, -0.1) is 0 Å². The number of benzene rings is 2. The van der Waals surface area contributed by atoms with Gasteiger partial charge in [-0.1, -0.05) is 6.07 Å². The monoisotopic (exact) mass is 423 g/mol. The molecule has 0 aromatic heterocycles. The number of carbonyl (C=O) groups is 3. The first kappa shape index (κ1) is 21.3. The Morgan fingerprint density at radius 2 is 1.80 bits per heavy atom. The molecule has 1 saturated heterocycles. The van der Waals surface area contributed by atoms with Crippen LogP contribution in [-0.2, 0) is 14.4 Å². The Labute approximate surface area is 168 Å². The van der Waals surface area contributed by atoms with Gasteiger partial charge in [-0.05, 0) is 36.8 Å². The van der Waals surface area contributed by atoms with Crippen LogP contribution < -0.4 is 15.5 Å². The van der Waals surface area contributed by atoms with Crippen LogP contribution in [0.3, 0.4) is 0 Å². The molecule has 6 nitrogen and oxygen atoms in total. The highest BCUT2D eigenvalue weighted by atomic mass is 19.2. The van der Waals surface area contributed by atoms with E-state index in [0.29, 0.717) is 11.6 Å². The molecule has 10 heteroatoms. The minimum absolute atomic E-state index is 0.0625. The van der Waals surface area contributed by atoms with E-state index >= 15 is 0 Å². The van der Waals surface area contributed by atoms with E-state index in [-0.39, 0.29) is 18.7 Å². The number of anilines is 2. The summed E-state index contributed by atoms with van der Waals surface area (Å²) in [6.07, 6.45) is -0.168. The second-order valence-corrected chi connectivity index (χ2v) is 6.85. The molecule has 3 rings (SSSR count). The zero-order valence-electron chi connectivity index (χ0n) is 15.8. The minimum Gasteiger partial charge on any atom is -0.347 e. The average Bonchev–Trinajstić information content (AvgIpc) is 3.08. The van der Waals surface area contributed by atoms with Crippen molar-refractivity contribution in [2.75, 3.05) is 23.3 Å². The van der Waals surface area contributed by atoms with Gasteiger partial charge in [0.2, 0.25) is 17.7 Å². The highest BCUT2D eigenvalue weighted by Crippen LogP contribution is 2.28. The lowest BCUT2D eigenvalue weighted by Gasteiger charge is -2.17. The quantitative estimate of drug-likeness (QED) is 0.574. The molecule has 0 radical (unpaired) electrons. The van der Waals surface area contributed by atoms with E-state index in [1.807, 2.05) is 5.32 Å². The maximum atomic E-state index is 14.1. The van der Waals surface area contributed by atoms with Crippen LogP contribution in [0.25, 0.3) is 0 Å². The van der Waals surface area contributed by atoms with Crippen molar-refractivity contribution in [3.63, 3.8) is 0 Å². The summed E-state index contributed by atoms with van der Waals surface area (Å²) in [7, 11) is 0. The Hall–Kier alpha value is -3.43. The van der Waals surface area contributed by atoms with Gasteiger partial charge < -0.3 is 15.5 Å². The summed E-state index contributed by atoms with van der Waals surface area (Å²) in [5.74, 6) is -8.04. The Morgan fingerprint density at radius 3 is 2.50 bits per heavy atom. The van der Waals surface area contributed by atoms with Crippen molar-refractivity contribution in [2.45, 2.75) is 13.3 Å². The van der Waals surface area contributed by atoms with Crippen LogP contribution >= 0.6 is 0 Å². The molecule has 0 spiro atoms. The van der Waals surface area contributed by atoms with Gasteiger partial charge >= 0.3 is 0 Å². The number of amides is 3. The van der Waals surface area contributed by atoms with E-state index in [9.17, 15) is 31.9 Å². The average molecular weight is 423 g/mol. The largest absolute Gasteiger partial charge is 0.347 e. The second kappa shape index (κ2) is 8.52. The van der Waals surface area contributed by atoms with Gasteiger partial charge in [0.1, 0.15) is 5.82 Å². The molecular formula is C20H17F4N3O3. The first-order chi connectivity index (χ1) is 14.2. The number of hydrogen-bond acceptors (Lipinski definition) is 3. The fraction of sp³-hybridized carbons (Fsp3) is 0.250. The number of aryl methyl sites for hydroxylation is 1. The summed E-state index contributed by atoms with van der Waals surface area (Å²) in [4.78, 5) is 37.5. The van der Waals surface area contributed by atoms with Crippen molar-refractivity contribution >= 4 is 29.1 Å². The molecule has 1 atom stereocenters. The van der Waals surface area contributed by atoms with E-state index in [4.69, 9.17) is 0 Å². The molecule has 1 unspecified atom stereocenters.